The maximum Gasteiger partial charge on any atom is 0.336 e. The minimum Gasteiger partial charge on any atom is -0.478 e. The van der Waals surface area contributed by atoms with Crippen LogP contribution in [0.1, 0.15) is 10.4 Å². The molecule has 0 spiro atoms. The average molecular weight is 454 g/mol. The third-order valence-corrected chi connectivity index (χ3v) is 4.34. The standard InChI is InChI=1S/C16H9BrINO2/c17-10-3-1-9(2-4-10)15-8-13(16(20)21)12-7-11(18)5-6-14(12)19-15/h1-8H,(H,20,21). The lowest BCUT2D eigenvalue weighted by atomic mass is 10.0. The number of aromatic nitrogens is 1. The van der Waals surface area contributed by atoms with Gasteiger partial charge in [-0.2, -0.15) is 0 Å². The van der Waals surface area contributed by atoms with E-state index in [1.165, 1.54) is 0 Å². The van der Waals surface area contributed by atoms with Crippen molar-refractivity contribution in [2.24, 2.45) is 0 Å². The Bertz CT molecular complexity index is 847. The third kappa shape index (κ3) is 2.94. The quantitative estimate of drug-likeness (QED) is 0.557. The van der Waals surface area contributed by atoms with Crippen molar-refractivity contribution in [3.8, 4) is 11.3 Å². The number of pyridine rings is 1. The summed E-state index contributed by atoms with van der Waals surface area (Å²) in [5.74, 6) is -0.942. The van der Waals surface area contributed by atoms with E-state index in [0.717, 1.165) is 13.6 Å². The first-order valence-electron chi connectivity index (χ1n) is 6.14. The minimum atomic E-state index is -0.942. The fourth-order valence-electron chi connectivity index (χ4n) is 2.14. The van der Waals surface area contributed by atoms with Gasteiger partial charge in [-0.1, -0.05) is 28.1 Å². The molecule has 0 radical (unpaired) electrons. The summed E-state index contributed by atoms with van der Waals surface area (Å²) < 4.78 is 1.96. The van der Waals surface area contributed by atoms with E-state index in [0.29, 0.717) is 16.6 Å². The van der Waals surface area contributed by atoms with Crippen molar-refractivity contribution >= 4 is 55.4 Å². The number of nitrogens with zero attached hydrogens (tertiary/aromatic N) is 1. The van der Waals surface area contributed by atoms with Gasteiger partial charge in [-0.25, -0.2) is 9.78 Å². The van der Waals surface area contributed by atoms with Crippen molar-refractivity contribution in [1.29, 1.82) is 0 Å². The Hall–Kier alpha value is -1.47. The molecule has 0 aliphatic carbocycles. The van der Waals surface area contributed by atoms with E-state index in [1.807, 2.05) is 42.5 Å². The second-order valence-electron chi connectivity index (χ2n) is 4.53. The maximum absolute atomic E-state index is 11.5. The highest BCUT2D eigenvalue weighted by molar-refractivity contribution is 14.1. The van der Waals surface area contributed by atoms with Gasteiger partial charge in [0, 0.05) is 19.0 Å². The predicted octanol–water partition coefficient (Wildman–Crippen LogP) is 4.97. The van der Waals surface area contributed by atoms with Gasteiger partial charge in [0.1, 0.15) is 0 Å². The molecule has 0 saturated heterocycles. The lowest BCUT2D eigenvalue weighted by molar-refractivity contribution is 0.0699. The summed E-state index contributed by atoms with van der Waals surface area (Å²) in [6.07, 6.45) is 0. The largest absolute Gasteiger partial charge is 0.478 e. The SMILES string of the molecule is O=C(O)c1cc(-c2ccc(Br)cc2)nc2ccc(I)cc12. The van der Waals surface area contributed by atoms with Gasteiger partial charge in [-0.3, -0.25) is 0 Å². The molecule has 0 fully saturated rings. The first kappa shape index (κ1) is 14.5. The Morgan fingerprint density at radius 1 is 1.10 bits per heavy atom. The van der Waals surface area contributed by atoms with E-state index in [9.17, 15) is 9.90 Å². The van der Waals surface area contributed by atoms with Gasteiger partial charge >= 0.3 is 5.97 Å². The molecule has 0 aliphatic rings. The summed E-state index contributed by atoms with van der Waals surface area (Å²) >= 11 is 5.55. The highest BCUT2D eigenvalue weighted by atomic mass is 127. The van der Waals surface area contributed by atoms with Gasteiger partial charge in [0.2, 0.25) is 0 Å². The summed E-state index contributed by atoms with van der Waals surface area (Å²) in [7, 11) is 0. The van der Waals surface area contributed by atoms with E-state index in [-0.39, 0.29) is 5.56 Å². The van der Waals surface area contributed by atoms with E-state index >= 15 is 0 Å². The van der Waals surface area contributed by atoms with Crippen LogP contribution in [0.2, 0.25) is 0 Å². The Morgan fingerprint density at radius 3 is 2.48 bits per heavy atom. The number of hydrogen-bond donors (Lipinski definition) is 1. The predicted molar refractivity (Wildman–Crippen MR) is 94.6 cm³/mol. The van der Waals surface area contributed by atoms with E-state index in [1.54, 1.807) is 6.07 Å². The van der Waals surface area contributed by atoms with Crippen LogP contribution >= 0.6 is 38.5 Å². The Kier molecular flexibility index (Phi) is 3.95. The molecule has 0 atom stereocenters. The van der Waals surface area contributed by atoms with Crippen molar-refractivity contribution in [2.75, 3.05) is 0 Å². The van der Waals surface area contributed by atoms with Crippen molar-refractivity contribution < 1.29 is 9.90 Å². The molecule has 0 unspecified atom stereocenters. The summed E-state index contributed by atoms with van der Waals surface area (Å²) in [6, 6.07) is 14.9. The molecular weight excluding hydrogens is 445 g/mol. The highest BCUT2D eigenvalue weighted by Crippen LogP contribution is 2.27. The molecule has 3 aromatic rings. The number of carboxylic acid groups (broad SMARTS) is 1. The van der Waals surface area contributed by atoms with Crippen molar-refractivity contribution in [1.82, 2.24) is 4.98 Å². The molecule has 5 heteroatoms. The van der Waals surface area contributed by atoms with Crippen LogP contribution in [0, 0.1) is 3.57 Å². The van der Waals surface area contributed by atoms with Crippen molar-refractivity contribution in [3.63, 3.8) is 0 Å². The van der Waals surface area contributed by atoms with Gasteiger partial charge in [0.25, 0.3) is 0 Å². The molecule has 2 aromatic carbocycles. The molecule has 3 rings (SSSR count). The van der Waals surface area contributed by atoms with Crippen LogP contribution in [-0.4, -0.2) is 16.1 Å². The van der Waals surface area contributed by atoms with Gasteiger partial charge in [0.05, 0.1) is 16.8 Å². The lowest BCUT2D eigenvalue weighted by Crippen LogP contribution is -2.00. The maximum atomic E-state index is 11.5. The second-order valence-corrected chi connectivity index (χ2v) is 6.69. The number of carboxylic acids is 1. The number of aromatic carboxylic acids is 1. The third-order valence-electron chi connectivity index (χ3n) is 3.14. The number of benzene rings is 2. The normalized spacial score (nSPS) is 10.8. The van der Waals surface area contributed by atoms with Crippen LogP contribution in [0.25, 0.3) is 22.2 Å². The molecule has 0 saturated carbocycles. The summed E-state index contributed by atoms with van der Waals surface area (Å²) in [5.41, 5.74) is 2.51. The summed E-state index contributed by atoms with van der Waals surface area (Å²) in [5, 5.41) is 10.1. The number of rotatable bonds is 2. The average Bonchev–Trinajstić information content (AvgIpc) is 2.46. The topological polar surface area (TPSA) is 50.2 Å². The zero-order valence-corrected chi connectivity index (χ0v) is 14.4. The Labute approximate surface area is 143 Å². The number of carbonyl (C=O) groups is 1. The molecule has 0 bridgehead atoms. The van der Waals surface area contributed by atoms with Crippen molar-refractivity contribution in [3.05, 3.63) is 62.1 Å². The number of fused-ring (bicyclic) bond motifs is 1. The van der Waals surface area contributed by atoms with Gasteiger partial charge < -0.3 is 5.11 Å². The zero-order chi connectivity index (χ0) is 15.0. The molecule has 0 amide bonds. The number of halogens is 2. The second kappa shape index (κ2) is 5.73. The zero-order valence-electron chi connectivity index (χ0n) is 10.7. The van der Waals surface area contributed by atoms with Crippen LogP contribution in [-0.2, 0) is 0 Å². The monoisotopic (exact) mass is 453 g/mol. The minimum absolute atomic E-state index is 0.274. The molecular formula is C16H9BrINO2. The summed E-state index contributed by atoms with van der Waals surface area (Å²) in [4.78, 5) is 16.1. The molecule has 1 aromatic heterocycles. The fourth-order valence-corrected chi connectivity index (χ4v) is 2.90. The van der Waals surface area contributed by atoms with Crippen LogP contribution in [0.5, 0.6) is 0 Å². The van der Waals surface area contributed by atoms with E-state index < -0.39 is 5.97 Å². The van der Waals surface area contributed by atoms with E-state index in [2.05, 4.69) is 43.5 Å². The molecule has 0 aliphatic heterocycles. The molecule has 3 nitrogen and oxygen atoms in total. The lowest BCUT2D eigenvalue weighted by Gasteiger charge is -2.08. The van der Waals surface area contributed by atoms with Crippen molar-refractivity contribution in [2.45, 2.75) is 0 Å². The van der Waals surface area contributed by atoms with Gasteiger partial charge in [-0.15, -0.1) is 0 Å². The molecule has 1 N–H and O–H groups in total. The van der Waals surface area contributed by atoms with Crippen LogP contribution in [0.3, 0.4) is 0 Å². The smallest absolute Gasteiger partial charge is 0.336 e. The molecule has 21 heavy (non-hydrogen) atoms. The van der Waals surface area contributed by atoms with E-state index in [4.69, 9.17) is 0 Å². The first-order valence-corrected chi connectivity index (χ1v) is 8.01. The Balaban J connectivity index is 2.28. The highest BCUT2D eigenvalue weighted by Gasteiger charge is 2.13. The van der Waals surface area contributed by atoms with Crippen LogP contribution in [0.4, 0.5) is 0 Å². The van der Waals surface area contributed by atoms with Crippen LogP contribution in [0.15, 0.2) is 53.0 Å². The number of hydrogen-bond acceptors (Lipinski definition) is 2. The summed E-state index contributed by atoms with van der Waals surface area (Å²) in [6.45, 7) is 0. The van der Waals surface area contributed by atoms with Gasteiger partial charge in [-0.05, 0) is 59.0 Å². The fraction of sp³-hybridized carbons (Fsp3) is 0. The van der Waals surface area contributed by atoms with Crippen LogP contribution < -0.4 is 0 Å². The molecule has 104 valence electrons. The molecule has 1 heterocycles. The Morgan fingerprint density at radius 2 is 1.81 bits per heavy atom. The van der Waals surface area contributed by atoms with Gasteiger partial charge in [0.15, 0.2) is 0 Å². The first-order chi connectivity index (χ1) is 10.0.